The molecule has 1 aliphatic rings. The Morgan fingerprint density at radius 3 is 2.17 bits per heavy atom. The quantitative estimate of drug-likeness (QED) is 0.493. The van der Waals surface area contributed by atoms with E-state index in [1.165, 1.54) is 5.56 Å². The van der Waals surface area contributed by atoms with Crippen molar-refractivity contribution >= 4 is 23.2 Å². The fourth-order valence-electron chi connectivity index (χ4n) is 4.55. The lowest BCUT2D eigenvalue weighted by Gasteiger charge is -2.32. The molecule has 7 heteroatoms. The third-order valence-electron chi connectivity index (χ3n) is 6.59. The van der Waals surface area contributed by atoms with E-state index in [1.807, 2.05) is 49.5 Å². The third kappa shape index (κ3) is 5.97. The van der Waals surface area contributed by atoms with Crippen LogP contribution in [0.25, 0.3) is 0 Å². The Morgan fingerprint density at radius 1 is 0.917 bits per heavy atom. The highest BCUT2D eigenvalue weighted by atomic mass is 16.5. The maximum Gasteiger partial charge on any atom is 0.254 e. The zero-order chi connectivity index (χ0) is 25.5. The second kappa shape index (κ2) is 11.6. The molecule has 1 aliphatic heterocycles. The molecule has 0 saturated carbocycles. The van der Waals surface area contributed by atoms with Crippen LogP contribution >= 0.6 is 0 Å². The van der Waals surface area contributed by atoms with E-state index in [4.69, 9.17) is 9.47 Å². The van der Waals surface area contributed by atoms with Gasteiger partial charge in [0, 0.05) is 44.2 Å². The first-order valence-electron chi connectivity index (χ1n) is 12.2. The number of hydrogen-bond donors (Lipinski definition) is 1. The van der Waals surface area contributed by atoms with Crippen LogP contribution in [0.1, 0.15) is 28.8 Å². The van der Waals surface area contributed by atoms with Crippen LogP contribution in [0, 0.1) is 5.92 Å². The molecular weight excluding hydrogens is 454 g/mol. The van der Waals surface area contributed by atoms with Crippen molar-refractivity contribution in [1.82, 2.24) is 4.90 Å². The molecule has 1 fully saturated rings. The largest absolute Gasteiger partial charge is 0.497 e. The molecule has 188 valence electrons. The van der Waals surface area contributed by atoms with Gasteiger partial charge in [-0.1, -0.05) is 42.5 Å². The second-order valence-electron chi connectivity index (χ2n) is 9.02. The number of amides is 2. The Bertz CT molecular complexity index is 1170. The SMILES string of the molecule is COc1cc(OC)cc(C(=O)N2CCC(C(=O)Nc3ccccc3N(C)Cc3ccccc3)CC2)c1. The molecule has 0 aliphatic carbocycles. The Balaban J connectivity index is 1.37. The number of carbonyl (C=O) groups is 2. The monoisotopic (exact) mass is 487 g/mol. The molecule has 0 atom stereocenters. The molecule has 7 nitrogen and oxygen atoms in total. The lowest BCUT2D eigenvalue weighted by Crippen LogP contribution is -2.41. The summed E-state index contributed by atoms with van der Waals surface area (Å²) in [6, 6.07) is 23.3. The number of benzene rings is 3. The number of para-hydroxylation sites is 2. The molecule has 1 N–H and O–H groups in total. The van der Waals surface area contributed by atoms with E-state index in [-0.39, 0.29) is 17.7 Å². The van der Waals surface area contributed by atoms with Gasteiger partial charge in [0.15, 0.2) is 0 Å². The summed E-state index contributed by atoms with van der Waals surface area (Å²) in [6.07, 6.45) is 1.22. The first-order chi connectivity index (χ1) is 17.5. The lowest BCUT2D eigenvalue weighted by molar-refractivity contribution is -0.121. The number of carbonyl (C=O) groups excluding carboxylic acids is 2. The first kappa shape index (κ1) is 25.1. The van der Waals surface area contributed by atoms with Gasteiger partial charge in [0.2, 0.25) is 5.91 Å². The smallest absolute Gasteiger partial charge is 0.254 e. The summed E-state index contributed by atoms with van der Waals surface area (Å²) >= 11 is 0. The second-order valence-corrected chi connectivity index (χ2v) is 9.02. The van der Waals surface area contributed by atoms with Gasteiger partial charge in [-0.15, -0.1) is 0 Å². The lowest BCUT2D eigenvalue weighted by atomic mass is 9.95. The Morgan fingerprint density at radius 2 is 1.53 bits per heavy atom. The molecule has 4 rings (SSSR count). The van der Waals surface area contributed by atoms with Crippen molar-refractivity contribution in [3.05, 3.63) is 83.9 Å². The highest BCUT2D eigenvalue weighted by molar-refractivity contribution is 5.97. The van der Waals surface area contributed by atoms with E-state index in [1.54, 1.807) is 37.3 Å². The van der Waals surface area contributed by atoms with Crippen molar-refractivity contribution in [3.63, 3.8) is 0 Å². The van der Waals surface area contributed by atoms with Crippen molar-refractivity contribution < 1.29 is 19.1 Å². The van der Waals surface area contributed by atoms with Crippen LogP contribution in [-0.2, 0) is 11.3 Å². The minimum atomic E-state index is -0.151. The Hall–Kier alpha value is -4.00. The predicted octanol–water partition coefficient (Wildman–Crippen LogP) is 4.83. The van der Waals surface area contributed by atoms with Crippen molar-refractivity contribution in [2.75, 3.05) is 44.6 Å². The maximum absolute atomic E-state index is 13.1. The number of nitrogens with zero attached hydrogens (tertiary/aromatic N) is 2. The van der Waals surface area contributed by atoms with Gasteiger partial charge in [-0.3, -0.25) is 9.59 Å². The van der Waals surface area contributed by atoms with Gasteiger partial charge in [0.25, 0.3) is 5.91 Å². The highest BCUT2D eigenvalue weighted by Gasteiger charge is 2.29. The van der Waals surface area contributed by atoms with Crippen LogP contribution in [0.5, 0.6) is 11.5 Å². The summed E-state index contributed by atoms with van der Waals surface area (Å²) in [6.45, 7) is 1.78. The van der Waals surface area contributed by atoms with Crippen molar-refractivity contribution in [1.29, 1.82) is 0 Å². The van der Waals surface area contributed by atoms with Gasteiger partial charge in [-0.25, -0.2) is 0 Å². The van der Waals surface area contributed by atoms with E-state index in [2.05, 4.69) is 22.3 Å². The first-order valence-corrected chi connectivity index (χ1v) is 12.2. The fourth-order valence-corrected chi connectivity index (χ4v) is 4.55. The minimum Gasteiger partial charge on any atom is -0.497 e. The molecule has 0 unspecified atom stereocenters. The highest BCUT2D eigenvalue weighted by Crippen LogP contribution is 2.29. The Labute approximate surface area is 212 Å². The zero-order valence-electron chi connectivity index (χ0n) is 21.1. The van der Waals surface area contributed by atoms with Gasteiger partial charge in [-0.05, 0) is 42.7 Å². The molecule has 0 bridgehead atoms. The van der Waals surface area contributed by atoms with Gasteiger partial charge in [-0.2, -0.15) is 0 Å². The fraction of sp³-hybridized carbons (Fsp3) is 0.310. The number of likely N-dealkylation sites (tertiary alicyclic amines) is 1. The molecule has 0 radical (unpaired) electrons. The molecule has 1 saturated heterocycles. The number of hydrogen-bond acceptors (Lipinski definition) is 5. The summed E-state index contributed by atoms with van der Waals surface area (Å²) in [7, 11) is 5.14. The van der Waals surface area contributed by atoms with E-state index >= 15 is 0 Å². The van der Waals surface area contributed by atoms with Crippen LogP contribution in [0.15, 0.2) is 72.8 Å². The predicted molar refractivity (Wildman–Crippen MR) is 142 cm³/mol. The van der Waals surface area contributed by atoms with E-state index in [9.17, 15) is 9.59 Å². The molecule has 3 aromatic rings. The van der Waals surface area contributed by atoms with Crippen LogP contribution in [0.4, 0.5) is 11.4 Å². The average molecular weight is 488 g/mol. The summed E-state index contributed by atoms with van der Waals surface area (Å²) in [5.74, 6) is 0.900. The molecule has 3 aromatic carbocycles. The zero-order valence-corrected chi connectivity index (χ0v) is 21.1. The number of ether oxygens (including phenoxy) is 2. The molecule has 0 spiro atoms. The maximum atomic E-state index is 13.1. The van der Waals surface area contributed by atoms with E-state index in [0.29, 0.717) is 43.0 Å². The number of nitrogens with one attached hydrogen (secondary N) is 1. The van der Waals surface area contributed by atoms with Crippen LogP contribution in [0.3, 0.4) is 0 Å². The van der Waals surface area contributed by atoms with Gasteiger partial charge < -0.3 is 24.6 Å². The molecule has 2 amide bonds. The molecular formula is C29H33N3O4. The standard InChI is InChI=1S/C29H33N3O4/c1-31(20-21-9-5-4-6-10-21)27-12-8-7-11-26(27)30-28(33)22-13-15-32(16-14-22)29(34)23-17-24(35-2)19-25(18-23)36-3/h4-12,17-19,22H,13-16,20H2,1-3H3,(H,30,33). The van der Waals surface area contributed by atoms with Gasteiger partial charge >= 0.3 is 0 Å². The number of methoxy groups -OCH3 is 2. The van der Waals surface area contributed by atoms with Crippen molar-refractivity contribution in [3.8, 4) is 11.5 Å². The Kier molecular flexibility index (Phi) is 8.10. The summed E-state index contributed by atoms with van der Waals surface area (Å²) in [5.41, 5.74) is 3.48. The van der Waals surface area contributed by atoms with Crippen molar-refractivity contribution in [2.45, 2.75) is 19.4 Å². The van der Waals surface area contributed by atoms with Gasteiger partial charge in [0.05, 0.1) is 25.6 Å². The summed E-state index contributed by atoms with van der Waals surface area (Å²) in [4.78, 5) is 30.2. The number of piperidine rings is 1. The topological polar surface area (TPSA) is 71.1 Å². The van der Waals surface area contributed by atoms with Crippen molar-refractivity contribution in [2.24, 2.45) is 5.92 Å². The van der Waals surface area contributed by atoms with Crippen LogP contribution < -0.4 is 19.7 Å². The number of rotatable bonds is 8. The average Bonchev–Trinajstić information content (AvgIpc) is 2.93. The third-order valence-corrected chi connectivity index (χ3v) is 6.59. The normalized spacial score (nSPS) is 13.7. The van der Waals surface area contributed by atoms with Crippen LogP contribution in [0.2, 0.25) is 0 Å². The summed E-state index contributed by atoms with van der Waals surface area (Å²) < 4.78 is 10.6. The number of anilines is 2. The molecule has 0 aromatic heterocycles. The molecule has 1 heterocycles. The summed E-state index contributed by atoms with van der Waals surface area (Å²) in [5, 5.41) is 3.14. The van der Waals surface area contributed by atoms with E-state index in [0.717, 1.165) is 17.9 Å². The van der Waals surface area contributed by atoms with Gasteiger partial charge in [0.1, 0.15) is 11.5 Å². The molecule has 36 heavy (non-hydrogen) atoms. The van der Waals surface area contributed by atoms with E-state index < -0.39 is 0 Å². The van der Waals surface area contributed by atoms with Crippen LogP contribution in [-0.4, -0.2) is 51.1 Å². The minimum absolute atomic E-state index is 0.00860.